The Kier molecular flexibility index (Phi) is 2.95. The molecule has 0 atom stereocenters. The minimum atomic E-state index is -0.950. The van der Waals surface area contributed by atoms with Crippen molar-refractivity contribution in [2.75, 3.05) is 7.11 Å². The number of ether oxygens (including phenoxy) is 1. The van der Waals surface area contributed by atoms with Gasteiger partial charge in [0.1, 0.15) is 5.75 Å². The highest BCUT2D eigenvalue weighted by atomic mass is 16.5. The molecule has 0 aliphatic carbocycles. The molecule has 0 aliphatic rings. The highest BCUT2D eigenvalue weighted by Crippen LogP contribution is 2.26. The molecule has 2 rings (SSSR count). The summed E-state index contributed by atoms with van der Waals surface area (Å²) in [4.78, 5) is 15.3. The molecule has 0 radical (unpaired) electrons. The summed E-state index contributed by atoms with van der Waals surface area (Å²) in [5.74, 6) is -0.288. The molecule has 0 fully saturated rings. The number of aromatic carboxylic acids is 1. The van der Waals surface area contributed by atoms with Gasteiger partial charge in [-0.05, 0) is 24.6 Å². The van der Waals surface area contributed by atoms with E-state index in [2.05, 4.69) is 4.98 Å². The van der Waals surface area contributed by atoms with Gasteiger partial charge in [-0.25, -0.2) is 4.79 Å². The number of nitrogens with zero attached hydrogens (tertiary/aromatic N) is 1. The summed E-state index contributed by atoms with van der Waals surface area (Å²) < 4.78 is 5.27. The van der Waals surface area contributed by atoms with E-state index in [0.717, 1.165) is 23.0 Å². The van der Waals surface area contributed by atoms with Crippen molar-refractivity contribution in [3.63, 3.8) is 0 Å². The van der Waals surface area contributed by atoms with E-state index in [4.69, 9.17) is 9.84 Å². The minimum absolute atomic E-state index is 0.238. The second-order valence-electron chi connectivity index (χ2n) is 3.71. The van der Waals surface area contributed by atoms with E-state index in [9.17, 15) is 4.79 Å². The van der Waals surface area contributed by atoms with Crippen LogP contribution >= 0.6 is 0 Å². The van der Waals surface area contributed by atoms with Crippen LogP contribution in [0.4, 0.5) is 0 Å². The van der Waals surface area contributed by atoms with Crippen molar-refractivity contribution in [1.82, 2.24) is 4.98 Å². The molecule has 1 aromatic heterocycles. The summed E-state index contributed by atoms with van der Waals surface area (Å²) >= 11 is 0. The van der Waals surface area contributed by atoms with Crippen LogP contribution in [0.5, 0.6) is 5.75 Å². The predicted octanol–water partition coefficient (Wildman–Crippen LogP) is 2.50. The average Bonchev–Trinajstić information content (AvgIpc) is 2.36. The van der Waals surface area contributed by atoms with Gasteiger partial charge in [-0.3, -0.25) is 4.98 Å². The van der Waals surface area contributed by atoms with Gasteiger partial charge in [0.15, 0.2) is 0 Å². The number of aromatic nitrogens is 1. The van der Waals surface area contributed by atoms with Gasteiger partial charge in [0.05, 0.1) is 18.2 Å². The molecular weight excluding hydrogens is 218 g/mol. The molecule has 17 heavy (non-hydrogen) atoms. The van der Waals surface area contributed by atoms with Crippen LogP contribution in [0.15, 0.2) is 24.3 Å². The lowest BCUT2D eigenvalue weighted by atomic mass is 10.1. The summed E-state index contributed by atoms with van der Waals surface area (Å²) in [5.41, 5.74) is 1.92. The zero-order valence-corrected chi connectivity index (χ0v) is 9.73. The number of aryl methyl sites for hydroxylation is 1. The Labute approximate surface area is 98.9 Å². The van der Waals surface area contributed by atoms with Gasteiger partial charge in [-0.15, -0.1) is 0 Å². The Morgan fingerprint density at radius 2 is 2.18 bits per heavy atom. The Morgan fingerprint density at radius 3 is 2.76 bits per heavy atom. The molecule has 0 bridgehead atoms. The first-order valence-corrected chi connectivity index (χ1v) is 5.36. The van der Waals surface area contributed by atoms with Crippen LogP contribution in [-0.2, 0) is 6.42 Å². The van der Waals surface area contributed by atoms with Crippen LogP contribution < -0.4 is 4.74 Å². The second-order valence-corrected chi connectivity index (χ2v) is 3.71. The number of methoxy groups -OCH3 is 1. The number of carbonyl (C=O) groups is 1. The number of pyridine rings is 1. The number of hydrogen-bond donors (Lipinski definition) is 1. The molecule has 4 nitrogen and oxygen atoms in total. The lowest BCUT2D eigenvalue weighted by Gasteiger charge is -2.08. The monoisotopic (exact) mass is 231 g/mol. The highest BCUT2D eigenvalue weighted by molar-refractivity contribution is 5.95. The van der Waals surface area contributed by atoms with Crippen LogP contribution in [-0.4, -0.2) is 23.2 Å². The highest BCUT2D eigenvalue weighted by Gasteiger charge is 2.09. The molecule has 1 aromatic carbocycles. The van der Waals surface area contributed by atoms with Crippen LogP contribution in [0.25, 0.3) is 10.9 Å². The second kappa shape index (κ2) is 4.41. The Bertz CT molecular complexity index is 578. The maximum Gasteiger partial charge on any atom is 0.335 e. The molecule has 0 unspecified atom stereocenters. The first-order valence-electron chi connectivity index (χ1n) is 5.36. The maximum atomic E-state index is 10.9. The summed E-state index contributed by atoms with van der Waals surface area (Å²) in [7, 11) is 1.57. The Morgan fingerprint density at radius 1 is 1.41 bits per heavy atom. The number of rotatable bonds is 3. The molecule has 0 aliphatic heterocycles. The van der Waals surface area contributed by atoms with Crippen LogP contribution in [0.1, 0.15) is 23.0 Å². The lowest BCUT2D eigenvalue weighted by molar-refractivity contribution is 0.0697. The molecular formula is C13H13NO3. The van der Waals surface area contributed by atoms with Crippen molar-refractivity contribution < 1.29 is 14.6 Å². The normalized spacial score (nSPS) is 10.5. The fraction of sp³-hybridized carbons (Fsp3) is 0.231. The molecule has 0 saturated carbocycles. The van der Waals surface area contributed by atoms with E-state index in [1.165, 1.54) is 0 Å². The third-order valence-corrected chi connectivity index (χ3v) is 2.65. The quantitative estimate of drug-likeness (QED) is 0.881. The first kappa shape index (κ1) is 11.4. The average molecular weight is 231 g/mol. The van der Waals surface area contributed by atoms with E-state index >= 15 is 0 Å². The molecule has 1 N–H and O–H groups in total. The van der Waals surface area contributed by atoms with Gasteiger partial charge < -0.3 is 9.84 Å². The molecule has 2 aromatic rings. The predicted molar refractivity (Wildman–Crippen MR) is 64.6 cm³/mol. The molecule has 88 valence electrons. The largest absolute Gasteiger partial charge is 0.496 e. The van der Waals surface area contributed by atoms with Gasteiger partial charge in [0.25, 0.3) is 0 Å². The topological polar surface area (TPSA) is 59.4 Å². The van der Waals surface area contributed by atoms with Crippen molar-refractivity contribution in [3.05, 3.63) is 35.5 Å². The standard InChI is InChI=1S/C13H13NO3/c1-3-9-7-12(17-2)10-6-8(13(15)16)4-5-11(10)14-9/h4-7H,3H2,1-2H3,(H,15,16). The van der Waals surface area contributed by atoms with Crippen LogP contribution in [0, 0.1) is 0 Å². The molecule has 0 saturated heterocycles. The molecule has 0 spiro atoms. The van der Waals surface area contributed by atoms with Crippen molar-refractivity contribution in [2.24, 2.45) is 0 Å². The summed E-state index contributed by atoms with van der Waals surface area (Å²) in [5, 5.41) is 9.67. The van der Waals surface area contributed by atoms with Gasteiger partial charge in [-0.2, -0.15) is 0 Å². The van der Waals surface area contributed by atoms with Crippen LogP contribution in [0.2, 0.25) is 0 Å². The number of carboxylic acids is 1. The minimum Gasteiger partial charge on any atom is -0.496 e. The van der Waals surface area contributed by atoms with Crippen molar-refractivity contribution in [2.45, 2.75) is 13.3 Å². The fourth-order valence-corrected chi connectivity index (χ4v) is 1.73. The van der Waals surface area contributed by atoms with Gasteiger partial charge in [0.2, 0.25) is 0 Å². The van der Waals surface area contributed by atoms with Crippen molar-refractivity contribution >= 4 is 16.9 Å². The van der Waals surface area contributed by atoms with E-state index in [-0.39, 0.29) is 5.56 Å². The maximum absolute atomic E-state index is 10.9. The molecule has 4 heteroatoms. The first-order chi connectivity index (χ1) is 8.15. The Balaban J connectivity index is 2.71. The van der Waals surface area contributed by atoms with Crippen LogP contribution in [0.3, 0.4) is 0 Å². The van der Waals surface area contributed by atoms with Gasteiger partial charge >= 0.3 is 5.97 Å². The fourth-order valence-electron chi connectivity index (χ4n) is 1.73. The van der Waals surface area contributed by atoms with Crippen molar-refractivity contribution in [1.29, 1.82) is 0 Å². The molecule has 1 heterocycles. The third-order valence-electron chi connectivity index (χ3n) is 2.65. The van der Waals surface area contributed by atoms with E-state index in [0.29, 0.717) is 5.75 Å². The van der Waals surface area contributed by atoms with Gasteiger partial charge in [0, 0.05) is 17.1 Å². The van der Waals surface area contributed by atoms with Crippen molar-refractivity contribution in [3.8, 4) is 5.75 Å². The van der Waals surface area contributed by atoms with E-state index in [1.807, 2.05) is 13.0 Å². The number of fused-ring (bicyclic) bond motifs is 1. The summed E-state index contributed by atoms with van der Waals surface area (Å²) in [6, 6.07) is 6.69. The summed E-state index contributed by atoms with van der Waals surface area (Å²) in [6.07, 6.45) is 0.812. The smallest absolute Gasteiger partial charge is 0.335 e. The number of hydrogen-bond acceptors (Lipinski definition) is 3. The number of benzene rings is 1. The molecule has 0 amide bonds. The SMILES string of the molecule is CCc1cc(OC)c2cc(C(=O)O)ccc2n1. The third kappa shape index (κ3) is 2.06. The van der Waals surface area contributed by atoms with E-state index in [1.54, 1.807) is 25.3 Å². The zero-order valence-electron chi connectivity index (χ0n) is 9.73. The summed E-state index contributed by atoms with van der Waals surface area (Å²) in [6.45, 7) is 2.01. The lowest BCUT2D eigenvalue weighted by Crippen LogP contribution is -1.98. The zero-order chi connectivity index (χ0) is 12.4. The number of carboxylic acid groups (broad SMARTS) is 1. The Hall–Kier alpha value is -2.10. The van der Waals surface area contributed by atoms with Gasteiger partial charge in [-0.1, -0.05) is 6.92 Å². The van der Waals surface area contributed by atoms with E-state index < -0.39 is 5.97 Å².